The summed E-state index contributed by atoms with van der Waals surface area (Å²) in [6.07, 6.45) is 0.244. The molecule has 1 rings (SSSR count). The number of benzene rings is 1. The van der Waals surface area contributed by atoms with E-state index < -0.39 is 0 Å². The molecule has 0 aromatic heterocycles. The first-order chi connectivity index (χ1) is 7.67. The summed E-state index contributed by atoms with van der Waals surface area (Å²) < 4.78 is 10.7. The molecule has 0 fully saturated rings. The van der Waals surface area contributed by atoms with Crippen LogP contribution in [0.4, 0.5) is 0 Å². The maximum atomic E-state index is 9.13. The summed E-state index contributed by atoms with van der Waals surface area (Å²) >= 11 is 0. The number of aliphatic hydroxyl groups excluding tert-OH is 1. The van der Waals surface area contributed by atoms with Gasteiger partial charge in [-0.1, -0.05) is 6.07 Å². The Labute approximate surface area is 96.0 Å². The Hall–Kier alpha value is -1.26. The number of rotatable bonds is 6. The highest BCUT2D eigenvalue weighted by Crippen LogP contribution is 2.24. The van der Waals surface area contributed by atoms with Gasteiger partial charge in [-0.3, -0.25) is 0 Å². The van der Waals surface area contributed by atoms with Crippen molar-refractivity contribution in [2.75, 3.05) is 13.7 Å². The minimum atomic E-state index is -0.355. The smallest absolute Gasteiger partial charge is 0.127 e. The van der Waals surface area contributed by atoms with E-state index in [1.807, 2.05) is 18.2 Å². The molecule has 0 spiro atoms. The molecular weight excluding hydrogens is 206 g/mol. The quantitative estimate of drug-likeness (QED) is 0.766. The van der Waals surface area contributed by atoms with Crippen molar-refractivity contribution in [3.63, 3.8) is 0 Å². The van der Waals surface area contributed by atoms with E-state index in [9.17, 15) is 0 Å². The zero-order valence-corrected chi connectivity index (χ0v) is 9.77. The molecular formula is C12H19NO3. The lowest BCUT2D eigenvalue weighted by Gasteiger charge is -2.12. The molecule has 0 bridgehead atoms. The molecule has 1 aromatic rings. The Morgan fingerprint density at radius 3 is 2.75 bits per heavy atom. The number of hydrogen-bond donors (Lipinski definition) is 2. The molecule has 4 nitrogen and oxygen atoms in total. The van der Waals surface area contributed by atoms with Crippen molar-refractivity contribution in [1.29, 1.82) is 0 Å². The van der Waals surface area contributed by atoms with Crippen molar-refractivity contribution in [2.45, 2.75) is 26.0 Å². The molecule has 0 aliphatic carbocycles. The van der Waals surface area contributed by atoms with Gasteiger partial charge < -0.3 is 20.3 Å². The van der Waals surface area contributed by atoms with Crippen LogP contribution in [0.2, 0.25) is 0 Å². The zero-order valence-electron chi connectivity index (χ0n) is 9.77. The Bertz CT molecular complexity index is 326. The second-order valence-corrected chi connectivity index (χ2v) is 3.66. The molecule has 90 valence electrons. The van der Waals surface area contributed by atoms with Crippen molar-refractivity contribution in [3.05, 3.63) is 23.8 Å². The number of methoxy groups -OCH3 is 1. The van der Waals surface area contributed by atoms with Gasteiger partial charge >= 0.3 is 0 Å². The zero-order chi connectivity index (χ0) is 12.0. The third-order valence-corrected chi connectivity index (χ3v) is 2.29. The topological polar surface area (TPSA) is 64.7 Å². The average Bonchev–Trinajstić information content (AvgIpc) is 2.28. The lowest BCUT2D eigenvalue weighted by atomic mass is 10.2. The molecule has 1 unspecified atom stereocenters. The van der Waals surface area contributed by atoms with Crippen molar-refractivity contribution < 1.29 is 14.6 Å². The van der Waals surface area contributed by atoms with Gasteiger partial charge in [0.15, 0.2) is 0 Å². The predicted molar refractivity (Wildman–Crippen MR) is 62.7 cm³/mol. The number of aliphatic hydroxyl groups is 1. The molecule has 3 N–H and O–H groups in total. The fourth-order valence-electron chi connectivity index (χ4n) is 1.30. The highest BCUT2D eigenvalue weighted by Gasteiger charge is 2.05. The molecule has 0 radical (unpaired) electrons. The molecule has 0 saturated carbocycles. The Kier molecular flexibility index (Phi) is 5.08. The monoisotopic (exact) mass is 225 g/mol. The van der Waals surface area contributed by atoms with E-state index in [1.165, 1.54) is 0 Å². The summed E-state index contributed by atoms with van der Waals surface area (Å²) in [5, 5.41) is 9.13. The van der Waals surface area contributed by atoms with Gasteiger partial charge in [0.2, 0.25) is 0 Å². The molecule has 0 heterocycles. The van der Waals surface area contributed by atoms with Crippen LogP contribution in [0.25, 0.3) is 0 Å². The van der Waals surface area contributed by atoms with Gasteiger partial charge in [-0.2, -0.15) is 0 Å². The fourth-order valence-corrected chi connectivity index (χ4v) is 1.30. The highest BCUT2D eigenvalue weighted by molar-refractivity contribution is 5.40. The van der Waals surface area contributed by atoms with E-state index in [0.717, 1.165) is 17.1 Å². The predicted octanol–water partition coefficient (Wildman–Crippen LogP) is 1.30. The number of nitrogens with two attached hydrogens (primary N) is 1. The average molecular weight is 225 g/mol. The van der Waals surface area contributed by atoms with E-state index >= 15 is 0 Å². The van der Waals surface area contributed by atoms with Crippen LogP contribution in [-0.4, -0.2) is 24.9 Å². The van der Waals surface area contributed by atoms with Crippen LogP contribution < -0.4 is 15.2 Å². The van der Waals surface area contributed by atoms with Crippen molar-refractivity contribution in [1.82, 2.24) is 0 Å². The number of hydrogen-bond acceptors (Lipinski definition) is 4. The summed E-state index contributed by atoms with van der Waals surface area (Å²) in [4.78, 5) is 0. The third kappa shape index (κ3) is 3.72. The lowest BCUT2D eigenvalue weighted by Crippen LogP contribution is -2.09. The molecule has 0 amide bonds. The maximum Gasteiger partial charge on any atom is 0.127 e. The first-order valence-electron chi connectivity index (χ1n) is 5.35. The van der Waals surface area contributed by atoms with Gasteiger partial charge in [0.05, 0.1) is 19.8 Å². The molecule has 1 atom stereocenters. The molecule has 0 saturated heterocycles. The van der Waals surface area contributed by atoms with Crippen molar-refractivity contribution in [3.8, 4) is 11.5 Å². The Morgan fingerprint density at radius 2 is 2.19 bits per heavy atom. The van der Waals surface area contributed by atoms with E-state index in [1.54, 1.807) is 14.0 Å². The van der Waals surface area contributed by atoms with Crippen molar-refractivity contribution >= 4 is 0 Å². The van der Waals surface area contributed by atoms with Crippen LogP contribution in [0.1, 0.15) is 18.9 Å². The molecule has 16 heavy (non-hydrogen) atoms. The second-order valence-electron chi connectivity index (χ2n) is 3.66. The van der Waals surface area contributed by atoms with Gasteiger partial charge in [0.1, 0.15) is 11.5 Å². The molecule has 0 aliphatic heterocycles. The second kappa shape index (κ2) is 6.35. The highest BCUT2D eigenvalue weighted by atomic mass is 16.5. The van der Waals surface area contributed by atoms with Gasteiger partial charge in [-0.05, 0) is 13.0 Å². The standard InChI is InChI=1S/C12H19NO3/c1-9(14)5-6-16-12-7-11(15-2)4-3-10(12)8-13/h3-4,7,9,14H,5-6,8,13H2,1-2H3. The van der Waals surface area contributed by atoms with Gasteiger partial charge in [0, 0.05) is 24.6 Å². The summed E-state index contributed by atoms with van der Waals surface area (Å²) in [5.41, 5.74) is 6.54. The van der Waals surface area contributed by atoms with Crippen LogP contribution in [0.5, 0.6) is 11.5 Å². The first kappa shape index (κ1) is 12.8. The minimum Gasteiger partial charge on any atom is -0.497 e. The van der Waals surface area contributed by atoms with E-state index in [2.05, 4.69) is 0 Å². The summed E-state index contributed by atoms with van der Waals surface area (Å²) in [6.45, 7) is 2.63. The van der Waals surface area contributed by atoms with E-state index in [4.69, 9.17) is 20.3 Å². The maximum absolute atomic E-state index is 9.13. The van der Waals surface area contributed by atoms with Crippen LogP contribution in [0.3, 0.4) is 0 Å². The fraction of sp³-hybridized carbons (Fsp3) is 0.500. The molecule has 4 heteroatoms. The largest absolute Gasteiger partial charge is 0.497 e. The SMILES string of the molecule is COc1ccc(CN)c(OCCC(C)O)c1. The van der Waals surface area contributed by atoms with Crippen LogP contribution in [0.15, 0.2) is 18.2 Å². The lowest BCUT2D eigenvalue weighted by molar-refractivity contribution is 0.155. The summed E-state index contributed by atoms with van der Waals surface area (Å²) in [5.74, 6) is 1.46. The Morgan fingerprint density at radius 1 is 1.44 bits per heavy atom. The van der Waals surface area contributed by atoms with Gasteiger partial charge in [-0.25, -0.2) is 0 Å². The summed E-state index contributed by atoms with van der Waals surface area (Å²) in [6, 6.07) is 5.55. The van der Waals surface area contributed by atoms with Crippen LogP contribution in [-0.2, 0) is 6.54 Å². The normalized spacial score (nSPS) is 12.2. The number of ether oxygens (including phenoxy) is 2. The van der Waals surface area contributed by atoms with Gasteiger partial charge in [-0.15, -0.1) is 0 Å². The van der Waals surface area contributed by atoms with Gasteiger partial charge in [0.25, 0.3) is 0 Å². The van der Waals surface area contributed by atoms with Crippen LogP contribution >= 0.6 is 0 Å². The molecule has 0 aliphatic rings. The third-order valence-electron chi connectivity index (χ3n) is 2.29. The summed E-state index contributed by atoms with van der Waals surface area (Å²) in [7, 11) is 1.61. The molecule has 1 aromatic carbocycles. The van der Waals surface area contributed by atoms with Crippen molar-refractivity contribution in [2.24, 2.45) is 5.73 Å². The van der Waals surface area contributed by atoms with E-state index in [-0.39, 0.29) is 6.10 Å². The first-order valence-corrected chi connectivity index (χ1v) is 5.35. The minimum absolute atomic E-state index is 0.355. The van der Waals surface area contributed by atoms with E-state index in [0.29, 0.717) is 19.6 Å². The van der Waals surface area contributed by atoms with Crippen LogP contribution in [0, 0.1) is 0 Å². The Balaban J connectivity index is 2.67.